The Morgan fingerprint density at radius 3 is 2.62 bits per heavy atom. The fourth-order valence-corrected chi connectivity index (χ4v) is 4.91. The van der Waals surface area contributed by atoms with Crippen LogP contribution in [-0.4, -0.2) is 110 Å². The number of hydrogen-bond acceptors (Lipinski definition) is 9. The molecule has 42 heavy (non-hydrogen) atoms. The molecule has 0 spiro atoms. The first kappa shape index (κ1) is 33.3. The maximum Gasteiger partial charge on any atom is 0.250 e. The number of nitrogens with zero attached hydrogens (tertiary/aromatic N) is 3. The standard InChI is InChI=1S/C31H47N5O6/c1-6-30(41-22-28-20-36(28)42-40-5)24(3)26-10-15-34(16-11-26)21-29(38)19-33-31(39)23(2)9-7-8-14-32-27-12-17-35(18-13-27)25(4)37/h6-10,14,27-29,32,38H,1-2,11-13,15-22H2,3-5H3,(H,33,39)/b9-7-,14-8+,30-24+/t28?,29-,36?/m0/s1. The van der Waals surface area contributed by atoms with E-state index in [1.54, 1.807) is 30.2 Å². The zero-order valence-corrected chi connectivity index (χ0v) is 25.2. The molecule has 3 aliphatic rings. The summed E-state index contributed by atoms with van der Waals surface area (Å²) in [4.78, 5) is 37.5. The molecule has 0 bridgehead atoms. The van der Waals surface area contributed by atoms with Crippen molar-refractivity contribution in [3.63, 3.8) is 0 Å². The quantitative estimate of drug-likeness (QED) is 0.0625. The number of carbonyl (C=O) groups excluding carboxylic acids is 2. The number of carbonyl (C=O) groups is 2. The molecule has 3 atom stereocenters. The summed E-state index contributed by atoms with van der Waals surface area (Å²) in [6.45, 7) is 16.3. The number of rotatable bonds is 16. The van der Waals surface area contributed by atoms with Gasteiger partial charge in [-0.15, -0.1) is 10.1 Å². The molecule has 0 aliphatic carbocycles. The van der Waals surface area contributed by atoms with Crippen molar-refractivity contribution in [3.8, 4) is 0 Å². The summed E-state index contributed by atoms with van der Waals surface area (Å²) in [5.41, 5.74) is 2.58. The Hall–Kier alpha value is -3.22. The minimum Gasteiger partial charge on any atom is -0.492 e. The molecule has 3 aliphatic heterocycles. The monoisotopic (exact) mass is 585 g/mol. The second kappa shape index (κ2) is 17.0. The fraction of sp³-hybridized carbons (Fsp3) is 0.548. The van der Waals surface area contributed by atoms with E-state index in [-0.39, 0.29) is 24.4 Å². The highest BCUT2D eigenvalue weighted by Crippen LogP contribution is 2.25. The van der Waals surface area contributed by atoms with Gasteiger partial charge in [-0.2, -0.15) is 0 Å². The molecule has 3 N–H and O–H groups in total. The Morgan fingerprint density at radius 2 is 1.98 bits per heavy atom. The summed E-state index contributed by atoms with van der Waals surface area (Å²) in [6, 6.07) is 0.507. The van der Waals surface area contributed by atoms with Gasteiger partial charge in [0.2, 0.25) is 5.91 Å². The number of nitrogens with one attached hydrogen (secondary N) is 2. The van der Waals surface area contributed by atoms with Crippen LogP contribution in [0.25, 0.3) is 0 Å². The van der Waals surface area contributed by atoms with Crippen LogP contribution in [0.5, 0.6) is 0 Å². The molecule has 2 amide bonds. The van der Waals surface area contributed by atoms with E-state index >= 15 is 0 Å². The molecular weight excluding hydrogens is 538 g/mol. The first-order chi connectivity index (χ1) is 20.2. The molecule has 0 radical (unpaired) electrons. The summed E-state index contributed by atoms with van der Waals surface area (Å²) in [5.74, 6) is 0.567. The van der Waals surface area contributed by atoms with E-state index < -0.39 is 6.10 Å². The van der Waals surface area contributed by atoms with Crippen molar-refractivity contribution in [2.45, 2.75) is 51.3 Å². The van der Waals surface area contributed by atoms with Gasteiger partial charge >= 0.3 is 0 Å². The van der Waals surface area contributed by atoms with Gasteiger partial charge in [0.15, 0.2) is 0 Å². The number of β-amino-alcohol motifs (C(OH)–C–C–N with tert-alkyl or cyclic N) is 1. The molecular formula is C31H47N5O6. The van der Waals surface area contributed by atoms with Gasteiger partial charge < -0.3 is 25.4 Å². The van der Waals surface area contributed by atoms with E-state index in [4.69, 9.17) is 9.73 Å². The predicted octanol–water partition coefficient (Wildman–Crippen LogP) is 1.98. The minimum atomic E-state index is -0.696. The van der Waals surface area contributed by atoms with Gasteiger partial charge in [-0.3, -0.25) is 14.5 Å². The van der Waals surface area contributed by atoms with Crippen LogP contribution in [0.4, 0.5) is 0 Å². The number of likely N-dealkylation sites (tertiary alicyclic amines) is 1. The lowest BCUT2D eigenvalue weighted by Crippen LogP contribution is -2.42. The Kier molecular flexibility index (Phi) is 13.5. The Morgan fingerprint density at radius 1 is 1.21 bits per heavy atom. The lowest BCUT2D eigenvalue weighted by molar-refractivity contribution is -0.377. The molecule has 0 aromatic heterocycles. The fourth-order valence-electron chi connectivity index (χ4n) is 4.91. The van der Waals surface area contributed by atoms with Crippen LogP contribution in [0.3, 0.4) is 0 Å². The highest BCUT2D eigenvalue weighted by molar-refractivity contribution is 5.95. The number of amides is 2. The van der Waals surface area contributed by atoms with Gasteiger partial charge in [0, 0.05) is 64.4 Å². The van der Waals surface area contributed by atoms with Crippen molar-refractivity contribution < 1.29 is 29.3 Å². The molecule has 0 aromatic rings. The second-order valence-corrected chi connectivity index (χ2v) is 10.8. The highest BCUT2D eigenvalue weighted by atomic mass is 17.3. The highest BCUT2D eigenvalue weighted by Gasteiger charge is 2.37. The lowest BCUT2D eigenvalue weighted by Gasteiger charge is -2.31. The second-order valence-electron chi connectivity index (χ2n) is 10.8. The SMILES string of the molecule is C=C/C(OCC1CN1OOC)=C(/C)C1=CCN(C[C@@H](O)CNC(=O)C(=C)/C=C\C=C\NC2CCN(C(C)=O)CC2)CC1. The van der Waals surface area contributed by atoms with Gasteiger partial charge in [-0.05, 0) is 55.7 Å². The van der Waals surface area contributed by atoms with Gasteiger partial charge in [0.05, 0.1) is 19.3 Å². The number of aliphatic hydroxyl groups excluding tert-OH is 1. The van der Waals surface area contributed by atoms with E-state index in [0.29, 0.717) is 31.3 Å². The number of hydroxylamine groups is 2. The first-order valence-electron chi connectivity index (χ1n) is 14.6. The zero-order chi connectivity index (χ0) is 30.5. The van der Waals surface area contributed by atoms with Crippen LogP contribution >= 0.6 is 0 Å². The maximum atomic E-state index is 12.4. The molecule has 0 saturated carbocycles. The third-order valence-corrected chi connectivity index (χ3v) is 7.63. The van der Waals surface area contributed by atoms with E-state index in [2.05, 4.69) is 39.7 Å². The lowest BCUT2D eigenvalue weighted by atomic mass is 9.99. The average Bonchev–Trinajstić information content (AvgIpc) is 3.74. The summed E-state index contributed by atoms with van der Waals surface area (Å²) in [5, 5.41) is 18.3. The van der Waals surface area contributed by atoms with Gasteiger partial charge in [-0.25, -0.2) is 4.89 Å². The molecule has 11 nitrogen and oxygen atoms in total. The Bertz CT molecular complexity index is 1080. The van der Waals surface area contributed by atoms with Crippen LogP contribution < -0.4 is 10.6 Å². The average molecular weight is 586 g/mol. The predicted molar refractivity (Wildman–Crippen MR) is 161 cm³/mol. The third-order valence-electron chi connectivity index (χ3n) is 7.63. The van der Waals surface area contributed by atoms with Crippen molar-refractivity contribution in [2.24, 2.45) is 0 Å². The molecule has 232 valence electrons. The Balaban J connectivity index is 1.32. The van der Waals surface area contributed by atoms with Crippen molar-refractivity contribution in [2.75, 3.05) is 59.5 Å². The largest absolute Gasteiger partial charge is 0.492 e. The van der Waals surface area contributed by atoms with E-state index in [1.807, 2.05) is 24.1 Å². The third kappa shape index (κ3) is 10.9. The van der Waals surface area contributed by atoms with Crippen molar-refractivity contribution in [1.29, 1.82) is 0 Å². The number of hydrogen-bond donors (Lipinski definition) is 3. The first-order valence-corrected chi connectivity index (χ1v) is 14.6. The summed E-state index contributed by atoms with van der Waals surface area (Å²) < 4.78 is 5.96. The summed E-state index contributed by atoms with van der Waals surface area (Å²) in [7, 11) is 1.48. The number of piperidine rings is 1. The molecule has 0 aromatic carbocycles. The zero-order valence-electron chi connectivity index (χ0n) is 25.2. The molecule has 2 unspecified atom stereocenters. The van der Waals surface area contributed by atoms with E-state index in [9.17, 15) is 14.7 Å². The van der Waals surface area contributed by atoms with Crippen LogP contribution in [0, 0.1) is 0 Å². The van der Waals surface area contributed by atoms with Crippen LogP contribution in [-0.2, 0) is 24.2 Å². The molecule has 3 rings (SSSR count). The van der Waals surface area contributed by atoms with Crippen molar-refractivity contribution in [1.82, 2.24) is 25.5 Å². The summed E-state index contributed by atoms with van der Waals surface area (Å²) in [6.07, 6.45) is 12.9. The smallest absolute Gasteiger partial charge is 0.250 e. The number of aliphatic hydroxyl groups is 1. The topological polar surface area (TPSA) is 116 Å². The van der Waals surface area contributed by atoms with Crippen LogP contribution in [0.1, 0.15) is 33.1 Å². The van der Waals surface area contributed by atoms with E-state index in [1.165, 1.54) is 12.7 Å². The maximum absolute atomic E-state index is 12.4. The van der Waals surface area contributed by atoms with Crippen LogP contribution in [0.15, 0.2) is 72.2 Å². The molecule has 11 heteroatoms. The van der Waals surface area contributed by atoms with Gasteiger partial charge in [0.25, 0.3) is 5.91 Å². The molecule has 3 heterocycles. The van der Waals surface area contributed by atoms with Crippen molar-refractivity contribution >= 4 is 11.8 Å². The molecule has 2 fully saturated rings. The minimum absolute atomic E-state index is 0.123. The van der Waals surface area contributed by atoms with Crippen molar-refractivity contribution in [3.05, 3.63) is 72.2 Å². The van der Waals surface area contributed by atoms with E-state index in [0.717, 1.165) is 56.8 Å². The van der Waals surface area contributed by atoms with Gasteiger partial charge in [-0.1, -0.05) is 31.4 Å². The van der Waals surface area contributed by atoms with Crippen LogP contribution in [0.2, 0.25) is 0 Å². The Labute approximate surface area is 249 Å². The number of allylic oxidation sites excluding steroid dienone is 4. The normalized spacial score (nSPS) is 22.9. The number of ether oxygens (including phenoxy) is 1. The molecule has 2 saturated heterocycles. The summed E-state index contributed by atoms with van der Waals surface area (Å²) >= 11 is 0. The van der Waals surface area contributed by atoms with Gasteiger partial charge in [0.1, 0.15) is 12.4 Å².